The SMILES string of the molecule is CC1(C)CCC(C)(C)c2cc(N)ccc21.CC1(C)CCC(C)(C)c2cc3c(Br)csc3cc21.Cc1cc(Cl)cc(N2c3ccc(C(C)(C)C)cc3C3(C)CCCCC23C)c1.Cc1cc(N(c2ccc3c(c2)C(C)(C)CCC3(C)C)c2csc3cc4c(cc23)C(C)(C)CCC4(C)C)cc(N2c3ccc(C(C)(C)C)cc3C3(C)CCCCC23C)c1. The van der Waals surface area contributed by atoms with Crippen LogP contribution in [-0.4, -0.2) is 11.1 Å². The van der Waals surface area contributed by atoms with Crippen LogP contribution < -0.4 is 20.4 Å². The van der Waals surface area contributed by atoms with E-state index < -0.39 is 0 Å². The summed E-state index contributed by atoms with van der Waals surface area (Å²) in [6, 6.07) is 52.5. The number of nitrogens with two attached hydrogens (primary N) is 1. The summed E-state index contributed by atoms with van der Waals surface area (Å²) in [4.78, 5) is 8.03. The fourth-order valence-corrected chi connectivity index (χ4v) is 25.9. The molecule has 10 aromatic rings. The Morgan fingerprint density at radius 1 is 0.356 bits per heavy atom. The Balaban J connectivity index is 0.000000147. The van der Waals surface area contributed by atoms with Gasteiger partial charge in [-0.25, -0.2) is 0 Å². The van der Waals surface area contributed by atoms with Gasteiger partial charge < -0.3 is 20.4 Å². The molecule has 0 spiro atoms. The van der Waals surface area contributed by atoms with E-state index in [2.05, 4.69) is 357 Å². The van der Waals surface area contributed by atoms with Gasteiger partial charge in [0.05, 0.1) is 16.8 Å². The largest absolute Gasteiger partial charge is 0.399 e. The lowest BCUT2D eigenvalue weighted by atomic mass is 9.61. The van der Waals surface area contributed by atoms with Gasteiger partial charge in [-0.3, -0.25) is 0 Å². The maximum Gasteiger partial charge on any atom is 0.0647 e. The minimum absolute atomic E-state index is 0.0199. The molecule has 0 bridgehead atoms. The van der Waals surface area contributed by atoms with Crippen molar-refractivity contribution in [1.82, 2.24) is 0 Å². The normalized spacial score (nSPS) is 24.7. The number of rotatable bonds is 5. The van der Waals surface area contributed by atoms with Crippen molar-refractivity contribution in [3.05, 3.63) is 232 Å². The van der Waals surface area contributed by atoms with Crippen LogP contribution in [0.4, 0.5) is 45.5 Å². The zero-order chi connectivity index (χ0) is 85.6. The van der Waals surface area contributed by atoms with Crippen molar-refractivity contribution >= 4 is 116 Å². The molecular weight excluding hydrogens is 1560 g/mol. The second-order valence-corrected chi connectivity index (χ2v) is 49.3. The Hall–Kier alpha value is -6.35. The molecule has 6 aliphatic carbocycles. The zero-order valence-electron chi connectivity index (χ0n) is 77.7. The van der Waals surface area contributed by atoms with E-state index in [1.54, 1.807) is 16.7 Å². The maximum atomic E-state index is 6.47. The quantitative estimate of drug-likeness (QED) is 0.174. The van der Waals surface area contributed by atoms with Gasteiger partial charge in [0.15, 0.2) is 0 Å². The smallest absolute Gasteiger partial charge is 0.0647 e. The van der Waals surface area contributed by atoms with Gasteiger partial charge in [0.2, 0.25) is 0 Å². The van der Waals surface area contributed by atoms with Crippen LogP contribution in [0.25, 0.3) is 20.2 Å². The lowest BCUT2D eigenvalue weighted by Crippen LogP contribution is -2.54. The van der Waals surface area contributed by atoms with Gasteiger partial charge in [-0.1, -0.05) is 240 Å². The third-order valence-electron chi connectivity index (χ3n) is 32.0. The molecular formula is C110H142BrClN4S2. The Kier molecular flexibility index (Phi) is 21.6. The highest BCUT2D eigenvalue weighted by Gasteiger charge is 2.60. The van der Waals surface area contributed by atoms with E-state index in [9.17, 15) is 0 Å². The number of hydrogen-bond acceptors (Lipinski definition) is 6. The first-order chi connectivity index (χ1) is 54.7. The van der Waals surface area contributed by atoms with E-state index in [-0.39, 0.29) is 59.8 Å². The molecule has 4 nitrogen and oxygen atoms in total. The second-order valence-electron chi connectivity index (χ2n) is 46.2. The number of halogens is 2. The van der Waals surface area contributed by atoms with Gasteiger partial charge in [0, 0.05) is 91.1 Å². The molecule has 4 atom stereocenters. The number of benzene rings is 8. The van der Waals surface area contributed by atoms with Gasteiger partial charge in [0.25, 0.3) is 0 Å². The standard InChI is InChI=1S/C55H70N2S.C25H32ClN.C16H19BrS.C14H21N/c1-35-27-38(30-39(28-35)57-46-20-17-36(49(2,3)4)29-45(46)54(13)21-15-16-22-55(54,57)14)56(37-18-19-41-42(31-37)51(7,8)24-23-50(41,5)6)47-34-58-48-33-44-43(32-40(47)48)52(9,10)25-26-53(44,11)12;1-17-13-19(26)16-20(14-17)27-22-10-9-18(23(2,3)4)15-21(22)24(5)11-7-8-12-25(24,27)6;1-15(2)5-6-16(3,4)12-8-14-10(7-11(12)15)13(17)9-18-14;1-13(2)7-8-14(3,4)12-9-10(15)5-6-11(12)13/h17-20,27-34H,15-16,21-26H2,1-14H3;9-10,13-16H,7-8,11-12H2,1-6H3;7-9H,5-6H2,1-4H3;5-6,9H,7-8,15H2,1-4H3. The molecule has 4 unspecified atom stereocenters. The summed E-state index contributed by atoms with van der Waals surface area (Å²) in [6.07, 6.45) is 20.0. The Labute approximate surface area is 734 Å². The molecule has 118 heavy (non-hydrogen) atoms. The fourth-order valence-electron chi connectivity index (χ4n) is 23.1. The van der Waals surface area contributed by atoms with Crippen molar-refractivity contribution in [3.63, 3.8) is 0 Å². The number of anilines is 8. The zero-order valence-corrected chi connectivity index (χ0v) is 81.6. The molecule has 2 N–H and O–H groups in total. The molecule has 628 valence electrons. The first kappa shape index (κ1) is 86.6. The summed E-state index contributed by atoms with van der Waals surface area (Å²) in [5.41, 5.74) is 38.9. The van der Waals surface area contributed by atoms with Gasteiger partial charge in [-0.2, -0.15) is 0 Å². The molecule has 2 fully saturated rings. The number of hydrogen-bond donors (Lipinski definition) is 1. The number of nitrogens with zero attached hydrogens (tertiary/aromatic N) is 3. The minimum Gasteiger partial charge on any atom is -0.399 e. The van der Waals surface area contributed by atoms with Crippen molar-refractivity contribution in [2.75, 3.05) is 20.4 Å². The molecule has 4 heterocycles. The number of nitrogen functional groups attached to an aromatic ring is 1. The summed E-state index contributed by atoms with van der Waals surface area (Å²) < 4.78 is 4.04. The molecule has 2 aliphatic heterocycles. The third-order valence-corrected chi connectivity index (χ3v) is 35.1. The van der Waals surface area contributed by atoms with Crippen LogP contribution in [0.15, 0.2) is 149 Å². The van der Waals surface area contributed by atoms with E-state index in [4.69, 9.17) is 17.3 Å². The highest BCUT2D eigenvalue weighted by Crippen LogP contribution is 2.65. The molecule has 18 rings (SSSR count). The van der Waals surface area contributed by atoms with Crippen LogP contribution in [0.5, 0.6) is 0 Å². The van der Waals surface area contributed by atoms with E-state index in [1.807, 2.05) is 34.8 Å². The summed E-state index contributed by atoms with van der Waals surface area (Å²) in [5, 5.41) is 8.25. The first-order valence-electron chi connectivity index (χ1n) is 45.1. The van der Waals surface area contributed by atoms with Crippen LogP contribution >= 0.6 is 50.2 Å². The Bertz CT molecular complexity index is 5560. The van der Waals surface area contributed by atoms with E-state index in [0.29, 0.717) is 16.2 Å². The molecule has 8 aliphatic rings. The molecule has 0 radical (unpaired) electrons. The highest BCUT2D eigenvalue weighted by molar-refractivity contribution is 9.10. The lowest BCUT2D eigenvalue weighted by Gasteiger charge is -2.50. The maximum absolute atomic E-state index is 6.47. The Morgan fingerprint density at radius 2 is 0.729 bits per heavy atom. The summed E-state index contributed by atoms with van der Waals surface area (Å²) in [6.45, 7) is 67.1. The van der Waals surface area contributed by atoms with Gasteiger partial charge in [0.1, 0.15) is 0 Å². The molecule has 8 aromatic carbocycles. The average Bonchev–Trinajstić information content (AvgIpc) is 1.53. The van der Waals surface area contributed by atoms with Crippen LogP contribution in [0, 0.1) is 13.8 Å². The highest BCUT2D eigenvalue weighted by atomic mass is 79.9. The fraction of sp³-hybridized carbons (Fsp3) is 0.527. The van der Waals surface area contributed by atoms with Gasteiger partial charge >= 0.3 is 0 Å². The van der Waals surface area contributed by atoms with Crippen LogP contribution in [0.1, 0.15) is 361 Å². The van der Waals surface area contributed by atoms with Crippen LogP contribution in [0.3, 0.4) is 0 Å². The topological polar surface area (TPSA) is 35.7 Å². The second kappa shape index (κ2) is 29.4. The molecule has 0 amide bonds. The monoisotopic (exact) mass is 1700 g/mol. The molecule has 2 saturated carbocycles. The lowest BCUT2D eigenvalue weighted by molar-refractivity contribution is 0.194. The van der Waals surface area contributed by atoms with E-state index in [1.165, 1.54) is 228 Å². The number of thiophene rings is 2. The summed E-state index contributed by atoms with van der Waals surface area (Å²) in [7, 11) is 0. The van der Waals surface area contributed by atoms with Crippen molar-refractivity contribution in [1.29, 1.82) is 0 Å². The third kappa shape index (κ3) is 14.8. The molecule has 8 heteroatoms. The van der Waals surface area contributed by atoms with Crippen molar-refractivity contribution in [2.24, 2.45) is 0 Å². The van der Waals surface area contributed by atoms with Crippen molar-refractivity contribution in [3.8, 4) is 0 Å². The van der Waals surface area contributed by atoms with Crippen LogP contribution in [-0.2, 0) is 65.0 Å². The van der Waals surface area contributed by atoms with Gasteiger partial charge in [-0.15, -0.1) is 22.7 Å². The van der Waals surface area contributed by atoms with E-state index in [0.717, 1.165) is 10.7 Å². The Morgan fingerprint density at radius 3 is 1.18 bits per heavy atom. The van der Waals surface area contributed by atoms with Gasteiger partial charge in [-0.05, 0) is 350 Å². The predicted octanol–water partition coefficient (Wildman–Crippen LogP) is 33.7. The van der Waals surface area contributed by atoms with Crippen LogP contribution in [0.2, 0.25) is 5.02 Å². The average molecular weight is 1700 g/mol. The van der Waals surface area contributed by atoms with Crippen molar-refractivity contribution in [2.45, 2.75) is 373 Å². The summed E-state index contributed by atoms with van der Waals surface area (Å²) >= 11 is 13.9. The van der Waals surface area contributed by atoms with Crippen molar-refractivity contribution < 1.29 is 0 Å². The molecule has 0 saturated heterocycles. The molecule has 2 aromatic heterocycles. The first-order valence-corrected chi connectivity index (χ1v) is 48.0. The summed E-state index contributed by atoms with van der Waals surface area (Å²) in [5.74, 6) is 0. The minimum atomic E-state index is -0.0199. The number of aryl methyl sites for hydroxylation is 2. The number of fused-ring (bicyclic) bond motifs is 12. The van der Waals surface area contributed by atoms with E-state index >= 15 is 0 Å². The predicted molar refractivity (Wildman–Crippen MR) is 522 cm³/mol.